The number of nitrogens with one attached hydrogen (secondary N) is 2. The van der Waals surface area contributed by atoms with Gasteiger partial charge in [-0.1, -0.05) is 38.8 Å². The first-order valence-electron chi connectivity index (χ1n) is 7.78. The van der Waals surface area contributed by atoms with E-state index in [-0.39, 0.29) is 24.8 Å². The molecular formula is C17H24N2O4. The van der Waals surface area contributed by atoms with Gasteiger partial charge in [0.05, 0.1) is 6.42 Å². The van der Waals surface area contributed by atoms with E-state index in [0.717, 1.165) is 18.4 Å². The van der Waals surface area contributed by atoms with Crippen LogP contribution in [0.15, 0.2) is 24.3 Å². The Morgan fingerprint density at radius 2 is 1.78 bits per heavy atom. The smallest absolute Gasteiger partial charge is 0.322 e. The van der Waals surface area contributed by atoms with Crippen molar-refractivity contribution in [2.75, 3.05) is 11.9 Å². The molecule has 0 aliphatic heterocycles. The van der Waals surface area contributed by atoms with Crippen LogP contribution in [0.1, 0.15) is 38.7 Å². The van der Waals surface area contributed by atoms with Crippen LogP contribution in [0, 0.1) is 5.92 Å². The van der Waals surface area contributed by atoms with Crippen LogP contribution in [0.3, 0.4) is 0 Å². The molecule has 1 atom stereocenters. The second-order valence-electron chi connectivity index (χ2n) is 5.69. The zero-order valence-electron chi connectivity index (χ0n) is 13.6. The van der Waals surface area contributed by atoms with Gasteiger partial charge in [-0.25, -0.2) is 0 Å². The summed E-state index contributed by atoms with van der Waals surface area (Å²) in [7, 11) is 0. The molecule has 2 amide bonds. The van der Waals surface area contributed by atoms with Gasteiger partial charge in [-0.3, -0.25) is 14.4 Å². The number of carbonyl (C=O) groups excluding carboxylic acids is 2. The third kappa shape index (κ3) is 7.99. The van der Waals surface area contributed by atoms with Crippen LogP contribution in [0.25, 0.3) is 0 Å². The van der Waals surface area contributed by atoms with E-state index in [1.807, 2.05) is 0 Å². The van der Waals surface area contributed by atoms with Gasteiger partial charge in [-0.15, -0.1) is 0 Å². The van der Waals surface area contributed by atoms with Gasteiger partial charge in [0.1, 0.15) is 6.54 Å². The van der Waals surface area contributed by atoms with Gasteiger partial charge in [-0.05, 0) is 23.6 Å². The highest BCUT2D eigenvalue weighted by atomic mass is 16.4. The lowest BCUT2D eigenvalue weighted by Crippen LogP contribution is -2.30. The number of aliphatic carboxylic acids is 1. The van der Waals surface area contributed by atoms with Crippen LogP contribution in [0.4, 0.5) is 5.69 Å². The van der Waals surface area contributed by atoms with E-state index in [1.54, 1.807) is 24.3 Å². The standard InChI is InChI=1S/C17H24N2O4/c1-3-4-12(2)9-16(21)19-14-7-5-13(6-8-14)10-15(20)18-11-17(22)23/h5-8,12H,3-4,9-11H2,1-2H3,(H,18,20)(H,19,21)(H,22,23). The van der Waals surface area contributed by atoms with Crippen molar-refractivity contribution >= 4 is 23.5 Å². The number of carboxylic acid groups (broad SMARTS) is 1. The Kier molecular flexibility index (Phi) is 7.80. The Morgan fingerprint density at radius 3 is 2.35 bits per heavy atom. The van der Waals surface area contributed by atoms with Crippen molar-refractivity contribution in [2.45, 2.75) is 39.5 Å². The van der Waals surface area contributed by atoms with Gasteiger partial charge >= 0.3 is 5.97 Å². The first-order valence-corrected chi connectivity index (χ1v) is 7.78. The highest BCUT2D eigenvalue weighted by Crippen LogP contribution is 2.14. The molecule has 0 aliphatic carbocycles. The zero-order valence-corrected chi connectivity index (χ0v) is 13.6. The highest BCUT2D eigenvalue weighted by Gasteiger charge is 2.09. The van der Waals surface area contributed by atoms with Crippen molar-refractivity contribution in [1.29, 1.82) is 0 Å². The molecule has 0 radical (unpaired) electrons. The van der Waals surface area contributed by atoms with Crippen LogP contribution in [0.2, 0.25) is 0 Å². The number of carbonyl (C=O) groups is 3. The molecule has 0 bridgehead atoms. The SMILES string of the molecule is CCCC(C)CC(=O)Nc1ccc(CC(=O)NCC(=O)O)cc1. The maximum Gasteiger partial charge on any atom is 0.322 e. The zero-order chi connectivity index (χ0) is 17.2. The van der Waals surface area contributed by atoms with Crippen LogP contribution >= 0.6 is 0 Å². The summed E-state index contributed by atoms with van der Waals surface area (Å²) >= 11 is 0. The molecule has 6 heteroatoms. The third-order valence-corrected chi connectivity index (χ3v) is 3.35. The first kappa shape index (κ1) is 18.7. The number of benzene rings is 1. The van der Waals surface area contributed by atoms with Crippen LogP contribution in [-0.4, -0.2) is 29.4 Å². The molecule has 0 aromatic heterocycles. The van der Waals surface area contributed by atoms with Crippen LogP contribution in [-0.2, 0) is 20.8 Å². The predicted octanol–water partition coefficient (Wildman–Crippen LogP) is 2.19. The number of amides is 2. The molecule has 1 aromatic rings. The fraction of sp³-hybridized carbons (Fsp3) is 0.471. The van der Waals surface area contributed by atoms with Crippen molar-refractivity contribution in [3.63, 3.8) is 0 Å². The van der Waals surface area contributed by atoms with Crippen molar-refractivity contribution < 1.29 is 19.5 Å². The second-order valence-corrected chi connectivity index (χ2v) is 5.69. The summed E-state index contributed by atoms with van der Waals surface area (Å²) in [6, 6.07) is 6.96. The summed E-state index contributed by atoms with van der Waals surface area (Å²) in [5.41, 5.74) is 1.44. The monoisotopic (exact) mass is 320 g/mol. The fourth-order valence-electron chi connectivity index (χ4n) is 2.25. The Hall–Kier alpha value is -2.37. The van der Waals surface area contributed by atoms with E-state index in [4.69, 9.17) is 5.11 Å². The molecule has 126 valence electrons. The van der Waals surface area contributed by atoms with Crippen LogP contribution < -0.4 is 10.6 Å². The van der Waals surface area contributed by atoms with E-state index in [0.29, 0.717) is 18.0 Å². The van der Waals surface area contributed by atoms with E-state index >= 15 is 0 Å². The van der Waals surface area contributed by atoms with Crippen molar-refractivity contribution in [3.8, 4) is 0 Å². The largest absolute Gasteiger partial charge is 0.480 e. The molecular weight excluding hydrogens is 296 g/mol. The van der Waals surface area contributed by atoms with E-state index in [2.05, 4.69) is 24.5 Å². The minimum atomic E-state index is -1.08. The lowest BCUT2D eigenvalue weighted by molar-refractivity contribution is -0.137. The summed E-state index contributed by atoms with van der Waals surface area (Å²) in [6.07, 6.45) is 2.69. The Morgan fingerprint density at radius 1 is 1.13 bits per heavy atom. The van der Waals surface area contributed by atoms with E-state index in [9.17, 15) is 14.4 Å². The lowest BCUT2D eigenvalue weighted by Gasteiger charge is -2.11. The highest BCUT2D eigenvalue weighted by molar-refractivity contribution is 5.91. The number of carboxylic acids is 1. The van der Waals surface area contributed by atoms with Gasteiger partial charge < -0.3 is 15.7 Å². The molecule has 6 nitrogen and oxygen atoms in total. The minimum Gasteiger partial charge on any atom is -0.480 e. The molecule has 0 fully saturated rings. The number of rotatable bonds is 9. The molecule has 0 spiro atoms. The molecule has 23 heavy (non-hydrogen) atoms. The Balaban J connectivity index is 2.45. The van der Waals surface area contributed by atoms with Gasteiger partial charge in [0.25, 0.3) is 0 Å². The predicted molar refractivity (Wildman–Crippen MR) is 88.1 cm³/mol. The summed E-state index contributed by atoms with van der Waals surface area (Å²) in [6.45, 7) is 3.77. The Labute approximate surface area is 136 Å². The topological polar surface area (TPSA) is 95.5 Å². The maximum absolute atomic E-state index is 11.9. The average Bonchev–Trinajstić information content (AvgIpc) is 2.47. The molecule has 0 saturated carbocycles. The van der Waals surface area contributed by atoms with Gasteiger partial charge in [-0.2, -0.15) is 0 Å². The number of anilines is 1. The summed E-state index contributed by atoms with van der Waals surface area (Å²) in [4.78, 5) is 33.8. The van der Waals surface area contributed by atoms with E-state index < -0.39 is 5.97 Å². The first-order chi connectivity index (χ1) is 10.9. The average molecular weight is 320 g/mol. The molecule has 1 aromatic carbocycles. The number of hydrogen-bond acceptors (Lipinski definition) is 3. The third-order valence-electron chi connectivity index (χ3n) is 3.35. The second kappa shape index (κ2) is 9.61. The van der Waals surface area contributed by atoms with Crippen LogP contribution in [0.5, 0.6) is 0 Å². The maximum atomic E-state index is 11.9. The van der Waals surface area contributed by atoms with Gasteiger partial charge in [0.15, 0.2) is 0 Å². The lowest BCUT2D eigenvalue weighted by atomic mass is 10.0. The quantitative estimate of drug-likeness (QED) is 0.650. The molecule has 1 rings (SSSR count). The Bertz CT molecular complexity index is 540. The van der Waals surface area contributed by atoms with Gasteiger partial charge in [0.2, 0.25) is 11.8 Å². The molecule has 0 saturated heterocycles. The normalized spacial score (nSPS) is 11.6. The summed E-state index contributed by atoms with van der Waals surface area (Å²) < 4.78 is 0. The van der Waals surface area contributed by atoms with Crippen molar-refractivity contribution in [2.24, 2.45) is 5.92 Å². The summed E-state index contributed by atoms with van der Waals surface area (Å²) in [5, 5.41) is 13.6. The van der Waals surface area contributed by atoms with Crippen molar-refractivity contribution in [3.05, 3.63) is 29.8 Å². The van der Waals surface area contributed by atoms with Crippen molar-refractivity contribution in [1.82, 2.24) is 5.32 Å². The molecule has 3 N–H and O–H groups in total. The molecule has 1 unspecified atom stereocenters. The molecule has 0 aliphatic rings. The molecule has 0 heterocycles. The fourth-order valence-corrected chi connectivity index (χ4v) is 2.25. The number of hydrogen-bond donors (Lipinski definition) is 3. The van der Waals surface area contributed by atoms with E-state index in [1.165, 1.54) is 0 Å². The summed E-state index contributed by atoms with van der Waals surface area (Å²) in [5.74, 6) is -1.08. The van der Waals surface area contributed by atoms with Gasteiger partial charge in [0, 0.05) is 12.1 Å². The minimum absolute atomic E-state index is 0.0158.